The van der Waals surface area contributed by atoms with Crippen LogP contribution in [0.25, 0.3) is 11.0 Å². The Hall–Kier alpha value is -2.90. The standard InChI is InChI=1S/C13H11NO7/c1-3-20-12(16)8-4-7-5-9(14(18)19)10(15)6(2)11(7)21-13(8)17/h4-5,15H,3H2,1-2H3. The van der Waals surface area contributed by atoms with Gasteiger partial charge in [-0.2, -0.15) is 0 Å². The molecule has 0 atom stereocenters. The van der Waals surface area contributed by atoms with Crippen LogP contribution in [0.1, 0.15) is 22.8 Å². The number of fused-ring (bicyclic) bond motifs is 1. The number of carbonyl (C=O) groups is 1. The zero-order chi connectivity index (χ0) is 15.7. The molecule has 8 heteroatoms. The lowest BCUT2D eigenvalue weighted by molar-refractivity contribution is -0.385. The molecule has 1 aromatic heterocycles. The van der Waals surface area contributed by atoms with Crippen LogP contribution in [0.3, 0.4) is 0 Å². The van der Waals surface area contributed by atoms with E-state index < -0.39 is 28.0 Å². The molecule has 0 aliphatic carbocycles. The quantitative estimate of drug-likeness (QED) is 0.397. The highest BCUT2D eigenvalue weighted by atomic mass is 16.6. The molecule has 1 N–H and O–H groups in total. The first-order valence-corrected chi connectivity index (χ1v) is 5.98. The molecule has 0 saturated heterocycles. The zero-order valence-corrected chi connectivity index (χ0v) is 11.2. The number of phenolic OH excluding ortho intramolecular Hbond substituents is 1. The normalized spacial score (nSPS) is 10.6. The van der Waals surface area contributed by atoms with Crippen molar-refractivity contribution in [1.29, 1.82) is 0 Å². The number of hydrogen-bond donors (Lipinski definition) is 1. The predicted octanol–water partition coefficient (Wildman–Crippen LogP) is 1.89. The monoisotopic (exact) mass is 293 g/mol. The fraction of sp³-hybridized carbons (Fsp3) is 0.231. The molecule has 0 aliphatic rings. The first kappa shape index (κ1) is 14.5. The van der Waals surface area contributed by atoms with E-state index in [1.54, 1.807) is 6.92 Å². The molecule has 0 unspecified atom stereocenters. The summed E-state index contributed by atoms with van der Waals surface area (Å²) < 4.78 is 9.67. The SMILES string of the molecule is CCOC(=O)c1cc2cc([N+](=O)[O-])c(O)c(C)c2oc1=O. The van der Waals surface area contributed by atoms with Crippen LogP contribution in [0.15, 0.2) is 21.3 Å². The smallest absolute Gasteiger partial charge is 0.351 e. The Morgan fingerprint density at radius 3 is 2.71 bits per heavy atom. The van der Waals surface area contributed by atoms with Crippen LogP contribution in [0.5, 0.6) is 5.75 Å². The summed E-state index contributed by atoms with van der Waals surface area (Å²) in [5.74, 6) is -1.46. The van der Waals surface area contributed by atoms with Crippen LogP contribution in [-0.4, -0.2) is 22.6 Å². The van der Waals surface area contributed by atoms with Gasteiger partial charge in [0, 0.05) is 17.0 Å². The number of ether oxygens (including phenoxy) is 1. The lowest BCUT2D eigenvalue weighted by atomic mass is 10.1. The van der Waals surface area contributed by atoms with Gasteiger partial charge >= 0.3 is 17.3 Å². The maximum Gasteiger partial charge on any atom is 0.351 e. The maximum atomic E-state index is 11.7. The Labute approximate surface area is 117 Å². The van der Waals surface area contributed by atoms with Crippen molar-refractivity contribution in [3.05, 3.63) is 43.8 Å². The second-order valence-corrected chi connectivity index (χ2v) is 4.21. The van der Waals surface area contributed by atoms with Gasteiger partial charge in [0.2, 0.25) is 5.75 Å². The molecule has 1 heterocycles. The summed E-state index contributed by atoms with van der Waals surface area (Å²) in [6.45, 7) is 3.02. The molecule has 0 radical (unpaired) electrons. The Morgan fingerprint density at radius 2 is 2.14 bits per heavy atom. The molecule has 0 aliphatic heterocycles. The summed E-state index contributed by atoms with van der Waals surface area (Å²) in [5.41, 5.74) is -1.80. The Morgan fingerprint density at radius 1 is 1.48 bits per heavy atom. The number of hydrogen-bond acceptors (Lipinski definition) is 7. The van der Waals surface area contributed by atoms with E-state index in [9.17, 15) is 24.8 Å². The number of esters is 1. The van der Waals surface area contributed by atoms with E-state index in [1.807, 2.05) is 0 Å². The van der Waals surface area contributed by atoms with E-state index >= 15 is 0 Å². The molecule has 110 valence electrons. The lowest BCUT2D eigenvalue weighted by Crippen LogP contribution is -2.16. The highest BCUT2D eigenvalue weighted by Crippen LogP contribution is 2.35. The van der Waals surface area contributed by atoms with Crippen LogP contribution in [0.4, 0.5) is 5.69 Å². The summed E-state index contributed by atoms with van der Waals surface area (Å²) >= 11 is 0. The van der Waals surface area contributed by atoms with Crippen LogP contribution >= 0.6 is 0 Å². The number of nitrogens with zero attached hydrogens (tertiary/aromatic N) is 1. The lowest BCUT2D eigenvalue weighted by Gasteiger charge is -2.06. The molecule has 1 aromatic carbocycles. The molecular formula is C13H11NO7. The number of nitro benzene ring substituents is 1. The van der Waals surface area contributed by atoms with Gasteiger partial charge in [0.15, 0.2) is 0 Å². The minimum Gasteiger partial charge on any atom is -0.502 e. The third-order valence-electron chi connectivity index (χ3n) is 2.90. The predicted molar refractivity (Wildman–Crippen MR) is 71.5 cm³/mol. The van der Waals surface area contributed by atoms with Crippen molar-refractivity contribution in [3.63, 3.8) is 0 Å². The minimum absolute atomic E-state index is 0.0175. The van der Waals surface area contributed by atoms with E-state index in [-0.39, 0.29) is 28.7 Å². The number of benzene rings is 1. The third kappa shape index (κ3) is 2.42. The molecule has 0 bridgehead atoms. The molecule has 0 amide bonds. The van der Waals surface area contributed by atoms with E-state index in [0.29, 0.717) is 0 Å². The highest BCUT2D eigenvalue weighted by Gasteiger charge is 2.22. The van der Waals surface area contributed by atoms with E-state index in [0.717, 1.165) is 12.1 Å². The van der Waals surface area contributed by atoms with Gasteiger partial charge in [-0.3, -0.25) is 10.1 Å². The molecule has 0 spiro atoms. The van der Waals surface area contributed by atoms with Gasteiger partial charge in [-0.1, -0.05) is 0 Å². The first-order valence-electron chi connectivity index (χ1n) is 5.98. The van der Waals surface area contributed by atoms with Gasteiger partial charge in [0.05, 0.1) is 11.5 Å². The average molecular weight is 293 g/mol. The summed E-state index contributed by atoms with van der Waals surface area (Å²) in [7, 11) is 0. The number of phenols is 1. The van der Waals surface area contributed by atoms with Crippen molar-refractivity contribution in [3.8, 4) is 5.75 Å². The Balaban J connectivity index is 2.78. The molecular weight excluding hydrogens is 282 g/mol. The van der Waals surface area contributed by atoms with Crippen LogP contribution in [0.2, 0.25) is 0 Å². The van der Waals surface area contributed by atoms with Gasteiger partial charge in [-0.25, -0.2) is 9.59 Å². The van der Waals surface area contributed by atoms with Crippen molar-refractivity contribution in [2.24, 2.45) is 0 Å². The van der Waals surface area contributed by atoms with E-state index in [4.69, 9.17) is 9.15 Å². The van der Waals surface area contributed by atoms with Crippen LogP contribution in [-0.2, 0) is 4.74 Å². The first-order chi connectivity index (χ1) is 9.86. The molecule has 21 heavy (non-hydrogen) atoms. The fourth-order valence-electron chi connectivity index (χ4n) is 1.89. The van der Waals surface area contributed by atoms with Gasteiger partial charge < -0.3 is 14.3 Å². The summed E-state index contributed by atoms with van der Waals surface area (Å²) in [6, 6.07) is 2.18. The molecule has 0 fully saturated rings. The van der Waals surface area contributed by atoms with Crippen LogP contribution < -0.4 is 5.63 Å². The second kappa shape index (κ2) is 5.23. The number of aromatic hydroxyl groups is 1. The fourth-order valence-corrected chi connectivity index (χ4v) is 1.89. The summed E-state index contributed by atoms with van der Waals surface area (Å²) in [4.78, 5) is 33.5. The number of carbonyl (C=O) groups excluding carboxylic acids is 1. The average Bonchev–Trinajstić information content (AvgIpc) is 2.42. The van der Waals surface area contributed by atoms with Gasteiger partial charge in [0.1, 0.15) is 11.1 Å². The number of rotatable bonds is 3. The van der Waals surface area contributed by atoms with Gasteiger partial charge in [-0.15, -0.1) is 0 Å². The second-order valence-electron chi connectivity index (χ2n) is 4.21. The van der Waals surface area contributed by atoms with Crippen molar-refractivity contribution in [2.45, 2.75) is 13.8 Å². The van der Waals surface area contributed by atoms with Crippen molar-refractivity contribution in [2.75, 3.05) is 6.61 Å². The summed E-state index contributed by atoms with van der Waals surface area (Å²) in [6.07, 6.45) is 0. The van der Waals surface area contributed by atoms with Gasteiger partial charge in [-0.05, 0) is 19.9 Å². The molecule has 2 rings (SSSR count). The van der Waals surface area contributed by atoms with Gasteiger partial charge in [0.25, 0.3) is 0 Å². The topological polar surface area (TPSA) is 120 Å². The number of nitro groups is 1. The van der Waals surface area contributed by atoms with Crippen molar-refractivity contribution < 1.29 is 24.0 Å². The highest BCUT2D eigenvalue weighted by molar-refractivity contribution is 5.94. The van der Waals surface area contributed by atoms with E-state index in [2.05, 4.69) is 0 Å². The Kier molecular flexibility index (Phi) is 3.62. The molecule has 8 nitrogen and oxygen atoms in total. The third-order valence-corrected chi connectivity index (χ3v) is 2.90. The van der Waals surface area contributed by atoms with Crippen molar-refractivity contribution in [1.82, 2.24) is 0 Å². The zero-order valence-electron chi connectivity index (χ0n) is 11.2. The maximum absolute atomic E-state index is 11.7. The van der Waals surface area contributed by atoms with Crippen molar-refractivity contribution >= 4 is 22.6 Å². The molecule has 0 saturated carbocycles. The molecule has 2 aromatic rings. The number of aryl methyl sites for hydroxylation is 1. The summed E-state index contributed by atoms with van der Waals surface area (Å²) in [5, 5.41) is 20.7. The minimum atomic E-state index is -0.933. The van der Waals surface area contributed by atoms with E-state index in [1.165, 1.54) is 6.92 Å². The van der Waals surface area contributed by atoms with Crippen LogP contribution in [0, 0.1) is 17.0 Å². The largest absolute Gasteiger partial charge is 0.502 e. The Bertz CT molecular complexity index is 806.